The molecule has 0 radical (unpaired) electrons. The number of nitrogens with zero attached hydrogens (tertiary/aromatic N) is 7. The first-order chi connectivity index (χ1) is 20.7. The summed E-state index contributed by atoms with van der Waals surface area (Å²) >= 11 is 12.4. The number of amides is 2. The number of alkyl halides is 1. The molecule has 5 heterocycles. The van der Waals surface area contributed by atoms with Crippen molar-refractivity contribution in [3.8, 4) is 16.9 Å². The van der Waals surface area contributed by atoms with Crippen LogP contribution in [0.25, 0.3) is 22.5 Å². The molecule has 1 N–H and O–H groups in total. The second kappa shape index (κ2) is 11.9. The lowest BCUT2D eigenvalue weighted by Gasteiger charge is -2.34. The Labute approximate surface area is 257 Å². The van der Waals surface area contributed by atoms with E-state index < -0.39 is 24.0 Å². The molecule has 1 unspecified atom stereocenters. The van der Waals surface area contributed by atoms with Gasteiger partial charge in [0, 0.05) is 42.0 Å². The number of carbonyl (C=O) groups is 2. The Bertz CT molecular complexity index is 1730. The van der Waals surface area contributed by atoms with Gasteiger partial charge in [-0.05, 0) is 61.6 Å². The van der Waals surface area contributed by atoms with Crippen LogP contribution >= 0.6 is 23.2 Å². The van der Waals surface area contributed by atoms with E-state index in [0.29, 0.717) is 53.6 Å². The smallest absolute Gasteiger partial charge is 0.247 e. The average Bonchev–Trinajstić information content (AvgIpc) is 3.59. The van der Waals surface area contributed by atoms with E-state index in [4.69, 9.17) is 23.2 Å². The first-order valence-electron chi connectivity index (χ1n) is 14.0. The molecule has 222 valence electrons. The van der Waals surface area contributed by atoms with E-state index in [0.717, 1.165) is 16.7 Å². The van der Waals surface area contributed by atoms with Gasteiger partial charge >= 0.3 is 0 Å². The summed E-state index contributed by atoms with van der Waals surface area (Å²) in [7, 11) is 1.78. The van der Waals surface area contributed by atoms with Crippen LogP contribution in [0.5, 0.6) is 0 Å². The van der Waals surface area contributed by atoms with E-state index in [2.05, 4.69) is 25.7 Å². The molecule has 2 aliphatic rings. The Balaban J connectivity index is 1.36. The molecule has 6 rings (SSSR count). The molecule has 2 amide bonds. The zero-order chi connectivity index (χ0) is 30.2. The molecule has 3 aromatic heterocycles. The molecule has 1 aromatic carbocycles. The second-order valence-corrected chi connectivity index (χ2v) is 11.7. The second-order valence-electron chi connectivity index (χ2n) is 10.8. The van der Waals surface area contributed by atoms with E-state index >= 15 is 4.39 Å². The summed E-state index contributed by atoms with van der Waals surface area (Å²) in [5, 5.41) is 15.9. The topological polar surface area (TPSA) is 111 Å². The summed E-state index contributed by atoms with van der Waals surface area (Å²) in [5.74, 6) is -1.43. The highest BCUT2D eigenvalue weighted by Crippen LogP contribution is 2.37. The van der Waals surface area contributed by atoms with Crippen LogP contribution in [0.1, 0.15) is 49.9 Å². The Morgan fingerprint density at radius 3 is 2.72 bits per heavy atom. The van der Waals surface area contributed by atoms with Gasteiger partial charge in [-0.1, -0.05) is 35.3 Å². The third-order valence-corrected chi connectivity index (χ3v) is 8.51. The zero-order valence-corrected chi connectivity index (χ0v) is 25.1. The Morgan fingerprint density at radius 1 is 1.12 bits per heavy atom. The van der Waals surface area contributed by atoms with Crippen LogP contribution in [0.4, 0.5) is 10.1 Å². The van der Waals surface area contributed by atoms with Gasteiger partial charge in [0.05, 0.1) is 47.1 Å². The minimum atomic E-state index is -1.34. The average molecular weight is 624 g/mol. The molecule has 0 saturated heterocycles. The van der Waals surface area contributed by atoms with Crippen molar-refractivity contribution in [1.82, 2.24) is 34.7 Å². The highest BCUT2D eigenvalue weighted by Gasteiger charge is 2.32. The molecule has 4 aromatic rings. The van der Waals surface area contributed by atoms with Crippen LogP contribution < -0.4 is 5.32 Å². The highest BCUT2D eigenvalue weighted by molar-refractivity contribution is 6.31. The van der Waals surface area contributed by atoms with Crippen LogP contribution in [0.2, 0.25) is 10.2 Å². The number of rotatable bonds is 3. The fraction of sp³-hybridized carbons (Fsp3) is 0.333. The van der Waals surface area contributed by atoms with Crippen molar-refractivity contribution in [3.63, 3.8) is 0 Å². The molecule has 2 aliphatic heterocycles. The van der Waals surface area contributed by atoms with Crippen molar-refractivity contribution in [1.29, 1.82) is 0 Å². The van der Waals surface area contributed by atoms with Crippen molar-refractivity contribution in [2.45, 2.75) is 44.8 Å². The lowest BCUT2D eigenvalue weighted by molar-refractivity contribution is -0.129. The van der Waals surface area contributed by atoms with Gasteiger partial charge in [-0.2, -0.15) is 5.10 Å². The van der Waals surface area contributed by atoms with Gasteiger partial charge in [0.15, 0.2) is 5.15 Å². The lowest BCUT2D eigenvalue weighted by Crippen LogP contribution is -2.38. The molecular weight excluding hydrogens is 594 g/mol. The van der Waals surface area contributed by atoms with Gasteiger partial charge in [-0.3, -0.25) is 19.3 Å². The molecule has 2 bridgehead atoms. The number of hydrogen-bond donors (Lipinski definition) is 1. The SMILES string of the molecule is C[C@H]1C(=O)Nc2cnn(C)c2-c2ccnc(c2)[C@@H](N2CCC(c3cc(Cl)ccc3-n3cc(Cl)nn3)=CC2=O)CCCC1F. The van der Waals surface area contributed by atoms with Gasteiger partial charge in [0.1, 0.15) is 6.17 Å². The minimum absolute atomic E-state index is 0.181. The van der Waals surface area contributed by atoms with Crippen LogP contribution in [-0.4, -0.2) is 59.2 Å². The van der Waals surface area contributed by atoms with Gasteiger partial charge in [0.2, 0.25) is 11.8 Å². The molecule has 0 spiro atoms. The fourth-order valence-corrected chi connectivity index (χ4v) is 6.08. The molecule has 43 heavy (non-hydrogen) atoms. The minimum Gasteiger partial charge on any atom is -0.330 e. The Morgan fingerprint density at radius 2 is 1.95 bits per heavy atom. The van der Waals surface area contributed by atoms with Crippen LogP contribution in [0.3, 0.4) is 0 Å². The summed E-state index contributed by atoms with van der Waals surface area (Å²) < 4.78 is 18.4. The molecular formula is C30H29Cl2FN8O2. The fourth-order valence-electron chi connectivity index (χ4n) is 5.78. The van der Waals surface area contributed by atoms with Crippen molar-refractivity contribution < 1.29 is 14.0 Å². The van der Waals surface area contributed by atoms with E-state index in [1.165, 1.54) is 0 Å². The first-order valence-corrected chi connectivity index (χ1v) is 14.8. The number of benzene rings is 1. The number of halogens is 3. The molecule has 13 heteroatoms. The zero-order valence-electron chi connectivity index (χ0n) is 23.5. The van der Waals surface area contributed by atoms with Gasteiger partial charge in [0.25, 0.3) is 0 Å². The number of nitrogens with one attached hydrogen (secondary N) is 1. The molecule has 0 aliphatic carbocycles. The van der Waals surface area contributed by atoms with E-state index in [1.807, 2.05) is 18.2 Å². The van der Waals surface area contributed by atoms with Gasteiger partial charge in [-0.25, -0.2) is 9.07 Å². The van der Waals surface area contributed by atoms with Crippen molar-refractivity contribution >= 4 is 46.3 Å². The lowest BCUT2D eigenvalue weighted by atomic mass is 9.93. The Hall–Kier alpha value is -4.09. The number of pyridine rings is 1. The predicted molar refractivity (Wildman–Crippen MR) is 161 cm³/mol. The summed E-state index contributed by atoms with van der Waals surface area (Å²) in [6.07, 6.45) is 6.79. The summed E-state index contributed by atoms with van der Waals surface area (Å²) in [6.45, 7) is 2.00. The third-order valence-electron chi connectivity index (χ3n) is 8.10. The standard InChI is InChI=1S/C30H29Cl2FN8O2/c1-17-22(33)4-3-5-26(23-12-19(8-10-34-23)29-24(36-30(17)43)15-35-39(29)2)40-11-9-18(13-28(40)42)21-14-20(31)6-7-25(21)41-16-27(32)37-38-41/h6-8,10,12-17,22,26H,3-5,9,11H2,1-2H3,(H,36,43)/t17-,22?,26+/m1/s1. The quantitative estimate of drug-likeness (QED) is 0.308. The first kappa shape index (κ1) is 29.0. The van der Waals surface area contributed by atoms with Gasteiger partial charge in [-0.15, -0.1) is 5.10 Å². The molecule has 0 saturated carbocycles. The number of aromatic nitrogens is 6. The number of carbonyl (C=O) groups excluding carboxylic acids is 2. The number of aryl methyl sites for hydroxylation is 1. The van der Waals surface area contributed by atoms with Crippen molar-refractivity contribution in [3.05, 3.63) is 76.4 Å². The maximum absolute atomic E-state index is 15.2. The van der Waals surface area contributed by atoms with Crippen LogP contribution in [0.15, 0.2) is 55.0 Å². The normalized spacial score (nSPS) is 21.3. The maximum Gasteiger partial charge on any atom is 0.247 e. The summed E-state index contributed by atoms with van der Waals surface area (Å²) in [6, 6.07) is 8.71. The number of hydrogen-bond acceptors (Lipinski definition) is 6. The van der Waals surface area contributed by atoms with Crippen LogP contribution in [-0.2, 0) is 16.6 Å². The van der Waals surface area contributed by atoms with Gasteiger partial charge < -0.3 is 10.2 Å². The number of fused-ring (bicyclic) bond motifs is 4. The molecule has 0 fully saturated rings. The molecule has 10 nitrogen and oxygen atoms in total. The summed E-state index contributed by atoms with van der Waals surface area (Å²) in [5.41, 5.74) is 4.89. The summed E-state index contributed by atoms with van der Waals surface area (Å²) in [4.78, 5) is 33.1. The number of anilines is 1. The van der Waals surface area contributed by atoms with Crippen molar-refractivity contribution in [2.75, 3.05) is 11.9 Å². The predicted octanol–water partition coefficient (Wildman–Crippen LogP) is 5.82. The van der Waals surface area contributed by atoms with E-state index in [-0.39, 0.29) is 17.5 Å². The molecule has 3 atom stereocenters. The van der Waals surface area contributed by atoms with E-state index in [1.54, 1.807) is 65.0 Å². The third kappa shape index (κ3) is 5.79. The van der Waals surface area contributed by atoms with Crippen LogP contribution in [0, 0.1) is 5.92 Å². The van der Waals surface area contributed by atoms with E-state index in [9.17, 15) is 9.59 Å². The monoisotopic (exact) mass is 622 g/mol. The highest BCUT2D eigenvalue weighted by atomic mass is 35.5. The largest absolute Gasteiger partial charge is 0.330 e. The Kier molecular flexibility index (Phi) is 8.02. The maximum atomic E-state index is 15.2. The van der Waals surface area contributed by atoms with Crippen molar-refractivity contribution in [2.24, 2.45) is 13.0 Å².